The van der Waals surface area contributed by atoms with Crippen molar-refractivity contribution in [3.8, 4) is 12.3 Å². The van der Waals surface area contributed by atoms with Gasteiger partial charge in [-0.15, -0.1) is 0 Å². The largest absolute Gasteiger partial charge is 0.271 e. The minimum atomic E-state index is 0.301. The molecule has 0 aliphatic carbocycles. The van der Waals surface area contributed by atoms with E-state index in [4.69, 9.17) is 22.1 Å². The highest BCUT2D eigenvalue weighted by atomic mass is 35.5. The second kappa shape index (κ2) is 6.02. The third-order valence-electron chi connectivity index (χ3n) is 1.68. The summed E-state index contributed by atoms with van der Waals surface area (Å²) in [4.78, 5) is 4.14. The molecule has 0 aliphatic heterocycles. The van der Waals surface area contributed by atoms with E-state index in [0.717, 1.165) is 0 Å². The van der Waals surface area contributed by atoms with Gasteiger partial charge in [-0.3, -0.25) is 5.32 Å². The summed E-state index contributed by atoms with van der Waals surface area (Å²) in [5.74, 6) is 0. The zero-order chi connectivity index (χ0) is 12.0. The maximum Gasteiger partial charge on any atom is 0.183 e. The number of aliphatic imine (C=N–C) groups is 1. The van der Waals surface area contributed by atoms with Gasteiger partial charge in [0.15, 0.2) is 11.4 Å². The monoisotopic (exact) mass is 250 g/mol. The van der Waals surface area contributed by atoms with Crippen LogP contribution in [0.2, 0.25) is 5.02 Å². The van der Waals surface area contributed by atoms with Crippen molar-refractivity contribution in [2.45, 2.75) is 0 Å². The van der Waals surface area contributed by atoms with E-state index in [0.29, 0.717) is 21.4 Å². The molecule has 0 amide bonds. The van der Waals surface area contributed by atoms with Gasteiger partial charge in [0.1, 0.15) is 6.07 Å². The van der Waals surface area contributed by atoms with E-state index in [9.17, 15) is 0 Å². The molecular formula is C10H7ClN4S. The van der Waals surface area contributed by atoms with Crippen molar-refractivity contribution in [1.82, 2.24) is 5.32 Å². The molecule has 6 heteroatoms. The van der Waals surface area contributed by atoms with Crippen LogP contribution in [0.5, 0.6) is 0 Å². The Morgan fingerprint density at radius 3 is 2.81 bits per heavy atom. The highest BCUT2D eigenvalue weighted by molar-refractivity contribution is 8.13. The van der Waals surface area contributed by atoms with Crippen molar-refractivity contribution < 1.29 is 0 Å². The Hall–Kier alpha value is -1.69. The zero-order valence-corrected chi connectivity index (χ0v) is 9.93. The topological polar surface area (TPSA) is 72.0 Å². The molecule has 0 bridgehead atoms. The van der Waals surface area contributed by atoms with Crippen LogP contribution in [-0.4, -0.2) is 11.4 Å². The van der Waals surface area contributed by atoms with Gasteiger partial charge in [-0.1, -0.05) is 29.4 Å². The average molecular weight is 251 g/mol. The first kappa shape index (κ1) is 12.4. The highest BCUT2D eigenvalue weighted by Crippen LogP contribution is 2.26. The SMILES string of the molecule is CSC(=Nc1cccc(Cl)c1C#N)NC#N. The zero-order valence-electron chi connectivity index (χ0n) is 8.36. The van der Waals surface area contributed by atoms with Gasteiger partial charge in [-0.05, 0) is 18.4 Å². The molecule has 0 saturated heterocycles. The number of rotatable bonds is 1. The van der Waals surface area contributed by atoms with Gasteiger partial charge in [0, 0.05) is 0 Å². The maximum absolute atomic E-state index is 8.92. The van der Waals surface area contributed by atoms with Crippen LogP contribution in [0.4, 0.5) is 5.69 Å². The number of halogens is 1. The summed E-state index contributed by atoms with van der Waals surface area (Å²) in [5, 5.41) is 20.6. The summed E-state index contributed by atoms with van der Waals surface area (Å²) in [5.41, 5.74) is 0.748. The van der Waals surface area contributed by atoms with Crippen LogP contribution >= 0.6 is 23.4 Å². The van der Waals surface area contributed by atoms with Gasteiger partial charge in [-0.2, -0.15) is 10.5 Å². The molecule has 0 unspecified atom stereocenters. The Morgan fingerprint density at radius 1 is 1.50 bits per heavy atom. The first-order valence-electron chi connectivity index (χ1n) is 4.19. The summed E-state index contributed by atoms with van der Waals surface area (Å²) in [7, 11) is 0. The fraction of sp³-hybridized carbons (Fsp3) is 0.100. The minimum Gasteiger partial charge on any atom is -0.271 e. The molecule has 1 aromatic rings. The van der Waals surface area contributed by atoms with Crippen molar-refractivity contribution in [3.05, 3.63) is 28.8 Å². The van der Waals surface area contributed by atoms with E-state index in [1.54, 1.807) is 30.6 Å². The quantitative estimate of drug-likeness (QED) is 0.360. The van der Waals surface area contributed by atoms with Crippen LogP contribution in [0.3, 0.4) is 0 Å². The van der Waals surface area contributed by atoms with Crippen LogP contribution in [0.1, 0.15) is 5.56 Å². The van der Waals surface area contributed by atoms with Crippen LogP contribution in [0, 0.1) is 22.8 Å². The second-order valence-corrected chi connectivity index (χ2v) is 3.81. The lowest BCUT2D eigenvalue weighted by atomic mass is 10.2. The van der Waals surface area contributed by atoms with E-state index < -0.39 is 0 Å². The number of hydrogen-bond donors (Lipinski definition) is 1. The number of thioether (sulfide) groups is 1. The molecule has 0 aliphatic rings. The van der Waals surface area contributed by atoms with Gasteiger partial charge in [0.05, 0.1) is 16.3 Å². The van der Waals surface area contributed by atoms with Gasteiger partial charge >= 0.3 is 0 Å². The molecule has 0 fully saturated rings. The fourth-order valence-electron chi connectivity index (χ4n) is 0.998. The van der Waals surface area contributed by atoms with Gasteiger partial charge < -0.3 is 0 Å². The molecule has 0 spiro atoms. The van der Waals surface area contributed by atoms with E-state index >= 15 is 0 Å². The lowest BCUT2D eigenvalue weighted by Crippen LogP contribution is -2.12. The molecule has 80 valence electrons. The van der Waals surface area contributed by atoms with Gasteiger partial charge in [0.25, 0.3) is 0 Å². The van der Waals surface area contributed by atoms with E-state index in [-0.39, 0.29) is 0 Å². The van der Waals surface area contributed by atoms with Crippen LogP contribution in [0.15, 0.2) is 23.2 Å². The maximum atomic E-state index is 8.92. The summed E-state index contributed by atoms with van der Waals surface area (Å²) >= 11 is 7.13. The molecule has 1 aromatic carbocycles. The molecule has 0 radical (unpaired) electrons. The fourth-order valence-corrected chi connectivity index (χ4v) is 1.55. The number of nitriles is 2. The number of benzene rings is 1. The van der Waals surface area contributed by atoms with Crippen molar-refractivity contribution in [2.24, 2.45) is 4.99 Å². The first-order chi connectivity index (χ1) is 7.72. The Morgan fingerprint density at radius 2 is 2.25 bits per heavy atom. The number of amidine groups is 1. The Kier molecular flexibility index (Phi) is 4.65. The van der Waals surface area contributed by atoms with Crippen molar-refractivity contribution in [3.63, 3.8) is 0 Å². The third kappa shape index (κ3) is 2.90. The number of nitrogens with one attached hydrogen (secondary N) is 1. The third-order valence-corrected chi connectivity index (χ3v) is 2.58. The van der Waals surface area contributed by atoms with E-state index in [1.165, 1.54) is 11.8 Å². The predicted molar refractivity (Wildman–Crippen MR) is 65.5 cm³/mol. The molecule has 1 rings (SSSR count). The Bertz CT molecular complexity index is 499. The van der Waals surface area contributed by atoms with Gasteiger partial charge in [0.2, 0.25) is 0 Å². The molecule has 0 heterocycles. The average Bonchev–Trinajstić information content (AvgIpc) is 2.28. The smallest absolute Gasteiger partial charge is 0.183 e. The molecule has 0 aromatic heterocycles. The predicted octanol–water partition coefficient (Wildman–Crippen LogP) is 2.63. The molecule has 1 N–H and O–H groups in total. The van der Waals surface area contributed by atoms with Crippen LogP contribution in [-0.2, 0) is 0 Å². The van der Waals surface area contributed by atoms with Crippen LogP contribution < -0.4 is 5.32 Å². The molecule has 4 nitrogen and oxygen atoms in total. The van der Waals surface area contributed by atoms with Crippen molar-refractivity contribution >= 4 is 34.2 Å². The standard InChI is InChI=1S/C10H7ClN4S/c1-16-10(14-6-13)15-9-4-2-3-8(11)7(9)5-12/h2-4H,1H3,(H,14,15). The molecule has 0 saturated carbocycles. The van der Waals surface area contributed by atoms with Crippen LogP contribution in [0.25, 0.3) is 0 Å². The first-order valence-corrected chi connectivity index (χ1v) is 5.79. The number of hydrogen-bond acceptors (Lipinski definition) is 4. The number of nitrogens with zero attached hydrogens (tertiary/aromatic N) is 3. The normalized spacial score (nSPS) is 10.4. The summed E-state index contributed by atoms with van der Waals surface area (Å²) in [6, 6.07) is 6.96. The molecule has 0 atom stereocenters. The van der Waals surface area contributed by atoms with Crippen molar-refractivity contribution in [2.75, 3.05) is 6.26 Å². The lowest BCUT2D eigenvalue weighted by Gasteiger charge is -2.02. The van der Waals surface area contributed by atoms with E-state index in [1.807, 2.05) is 6.07 Å². The van der Waals surface area contributed by atoms with Gasteiger partial charge in [-0.25, -0.2) is 4.99 Å². The van der Waals surface area contributed by atoms with E-state index in [2.05, 4.69) is 10.3 Å². The lowest BCUT2D eigenvalue weighted by molar-refractivity contribution is 1.28. The minimum absolute atomic E-state index is 0.301. The second-order valence-electron chi connectivity index (χ2n) is 2.60. The Labute approximate surface area is 103 Å². The summed E-state index contributed by atoms with van der Waals surface area (Å²) in [6.45, 7) is 0. The summed E-state index contributed by atoms with van der Waals surface area (Å²) < 4.78 is 0. The van der Waals surface area contributed by atoms with Crippen molar-refractivity contribution in [1.29, 1.82) is 10.5 Å². The molecular weight excluding hydrogens is 244 g/mol. The highest BCUT2D eigenvalue weighted by Gasteiger charge is 2.06. The summed E-state index contributed by atoms with van der Waals surface area (Å²) in [6.07, 6.45) is 3.55. The Balaban J connectivity index is 3.20. The molecule has 16 heavy (non-hydrogen) atoms.